The maximum Gasteiger partial charge on any atom is 0.387 e. The van der Waals surface area contributed by atoms with Crippen LogP contribution in [0.1, 0.15) is 5.82 Å². The van der Waals surface area contributed by atoms with Crippen molar-refractivity contribution in [1.29, 1.82) is 0 Å². The fourth-order valence-corrected chi connectivity index (χ4v) is 1.45. The van der Waals surface area contributed by atoms with E-state index < -0.39 is 6.61 Å². The molecule has 0 radical (unpaired) electrons. The van der Waals surface area contributed by atoms with Crippen LogP contribution in [-0.2, 0) is 11.2 Å². The molecule has 0 saturated heterocycles. The monoisotopic (exact) mass is 283 g/mol. The molecule has 0 atom stereocenters. The van der Waals surface area contributed by atoms with E-state index in [2.05, 4.69) is 20.2 Å². The second kappa shape index (κ2) is 6.09. The van der Waals surface area contributed by atoms with Crippen molar-refractivity contribution >= 4 is 5.91 Å². The van der Waals surface area contributed by atoms with E-state index in [1.807, 2.05) is 0 Å². The first-order valence-electron chi connectivity index (χ1n) is 5.67. The average molecular weight is 283 g/mol. The number of carbonyl (C=O) groups excluding carboxylic acids is 1. The standard InChI is InChI=1S/C12H11F2N3O3/c1-15-10(18)6-9-16-11(20-17-9)7-2-4-8(5-3-7)19-12(13)14/h2-5,12H,6H2,1H3,(H,15,18). The van der Waals surface area contributed by atoms with Crippen LogP contribution in [0.5, 0.6) is 5.75 Å². The molecule has 8 heteroatoms. The first-order valence-corrected chi connectivity index (χ1v) is 5.67. The minimum atomic E-state index is -2.87. The number of carbonyl (C=O) groups is 1. The summed E-state index contributed by atoms with van der Waals surface area (Å²) in [6, 6.07) is 5.75. The first-order chi connectivity index (χ1) is 9.58. The Kier molecular flexibility index (Phi) is 4.24. The Morgan fingerprint density at radius 3 is 2.70 bits per heavy atom. The lowest BCUT2D eigenvalue weighted by Gasteiger charge is -2.03. The Bertz CT molecular complexity index is 584. The summed E-state index contributed by atoms with van der Waals surface area (Å²) >= 11 is 0. The topological polar surface area (TPSA) is 77.2 Å². The SMILES string of the molecule is CNC(=O)Cc1noc(-c2ccc(OC(F)F)cc2)n1. The van der Waals surface area contributed by atoms with E-state index in [4.69, 9.17) is 4.52 Å². The Balaban J connectivity index is 2.10. The molecule has 1 aromatic carbocycles. The molecule has 1 heterocycles. The lowest BCUT2D eigenvalue weighted by molar-refractivity contribution is -0.120. The minimum absolute atomic E-state index is 0.00652. The molecule has 0 fully saturated rings. The fraction of sp³-hybridized carbons (Fsp3) is 0.250. The van der Waals surface area contributed by atoms with E-state index in [1.54, 1.807) is 0 Å². The normalized spacial score (nSPS) is 10.6. The number of nitrogens with one attached hydrogen (secondary N) is 1. The molecule has 0 spiro atoms. The van der Waals surface area contributed by atoms with Gasteiger partial charge in [-0.3, -0.25) is 4.79 Å². The molecular weight excluding hydrogens is 272 g/mol. The number of benzene rings is 1. The third kappa shape index (κ3) is 3.50. The molecule has 1 aromatic heterocycles. The zero-order valence-electron chi connectivity index (χ0n) is 10.5. The molecule has 2 rings (SSSR count). The molecule has 0 bridgehead atoms. The maximum atomic E-state index is 12.0. The molecule has 106 valence electrons. The molecule has 0 aliphatic carbocycles. The molecule has 1 N–H and O–H groups in total. The largest absolute Gasteiger partial charge is 0.435 e. The van der Waals surface area contributed by atoms with Gasteiger partial charge in [0.1, 0.15) is 5.75 Å². The van der Waals surface area contributed by atoms with Gasteiger partial charge < -0.3 is 14.6 Å². The van der Waals surface area contributed by atoms with E-state index in [-0.39, 0.29) is 29.8 Å². The molecule has 6 nitrogen and oxygen atoms in total. The van der Waals surface area contributed by atoms with Crippen molar-refractivity contribution in [2.75, 3.05) is 7.05 Å². The van der Waals surface area contributed by atoms with Crippen molar-refractivity contribution in [2.24, 2.45) is 0 Å². The molecule has 20 heavy (non-hydrogen) atoms. The smallest absolute Gasteiger partial charge is 0.387 e. The number of hydrogen-bond donors (Lipinski definition) is 1. The number of nitrogens with zero attached hydrogens (tertiary/aromatic N) is 2. The lowest BCUT2D eigenvalue weighted by Crippen LogP contribution is -2.20. The fourth-order valence-electron chi connectivity index (χ4n) is 1.45. The summed E-state index contributed by atoms with van der Waals surface area (Å²) in [7, 11) is 1.51. The van der Waals surface area contributed by atoms with Crippen LogP contribution in [-0.4, -0.2) is 29.7 Å². The zero-order chi connectivity index (χ0) is 14.5. The maximum absolute atomic E-state index is 12.0. The number of rotatable bonds is 5. The van der Waals surface area contributed by atoms with Gasteiger partial charge in [-0.1, -0.05) is 5.16 Å². The number of alkyl halides is 2. The average Bonchev–Trinajstić information content (AvgIpc) is 2.87. The van der Waals surface area contributed by atoms with Gasteiger partial charge in [0.05, 0.1) is 6.42 Å². The third-order valence-electron chi connectivity index (χ3n) is 2.39. The van der Waals surface area contributed by atoms with Gasteiger partial charge in [-0.25, -0.2) is 0 Å². The van der Waals surface area contributed by atoms with Crippen LogP contribution in [0.4, 0.5) is 8.78 Å². The predicted octanol–water partition coefficient (Wildman–Crippen LogP) is 1.63. The van der Waals surface area contributed by atoms with E-state index >= 15 is 0 Å². The summed E-state index contributed by atoms with van der Waals surface area (Å²) in [5.41, 5.74) is 0.544. The molecule has 1 amide bonds. The highest BCUT2D eigenvalue weighted by atomic mass is 19.3. The van der Waals surface area contributed by atoms with Gasteiger partial charge in [0.25, 0.3) is 5.89 Å². The van der Waals surface area contributed by atoms with E-state index in [0.717, 1.165) is 0 Å². The minimum Gasteiger partial charge on any atom is -0.435 e. The second-order valence-electron chi connectivity index (χ2n) is 3.77. The van der Waals surface area contributed by atoms with Crippen LogP contribution in [0.25, 0.3) is 11.5 Å². The van der Waals surface area contributed by atoms with Gasteiger partial charge in [-0.05, 0) is 24.3 Å². The molecule has 0 saturated carbocycles. The van der Waals surface area contributed by atoms with Gasteiger partial charge in [0.2, 0.25) is 5.91 Å². The summed E-state index contributed by atoms with van der Waals surface area (Å²) < 4.78 is 33.2. The van der Waals surface area contributed by atoms with Gasteiger partial charge in [0, 0.05) is 12.6 Å². The third-order valence-corrected chi connectivity index (χ3v) is 2.39. The quantitative estimate of drug-likeness (QED) is 0.902. The Labute approximate surface area is 112 Å². The van der Waals surface area contributed by atoms with Crippen LogP contribution in [0.3, 0.4) is 0 Å². The Morgan fingerprint density at radius 2 is 2.10 bits per heavy atom. The van der Waals surface area contributed by atoms with Gasteiger partial charge in [-0.15, -0.1) is 0 Å². The second-order valence-corrected chi connectivity index (χ2v) is 3.77. The van der Waals surface area contributed by atoms with Crippen LogP contribution in [0.15, 0.2) is 28.8 Å². The molecule has 0 unspecified atom stereocenters. The predicted molar refractivity (Wildman–Crippen MR) is 64.1 cm³/mol. The highest BCUT2D eigenvalue weighted by Gasteiger charge is 2.12. The Morgan fingerprint density at radius 1 is 1.40 bits per heavy atom. The van der Waals surface area contributed by atoms with Crippen LogP contribution < -0.4 is 10.1 Å². The van der Waals surface area contributed by atoms with E-state index in [0.29, 0.717) is 5.56 Å². The summed E-state index contributed by atoms with van der Waals surface area (Å²) in [6.07, 6.45) is 0.00652. The van der Waals surface area contributed by atoms with Crippen LogP contribution in [0, 0.1) is 0 Å². The van der Waals surface area contributed by atoms with Crippen LogP contribution in [0.2, 0.25) is 0 Å². The molecule has 2 aromatic rings. The van der Waals surface area contributed by atoms with Gasteiger partial charge in [0.15, 0.2) is 5.82 Å². The highest BCUT2D eigenvalue weighted by molar-refractivity contribution is 5.77. The summed E-state index contributed by atoms with van der Waals surface area (Å²) in [5, 5.41) is 6.09. The van der Waals surface area contributed by atoms with Crippen molar-refractivity contribution in [3.63, 3.8) is 0 Å². The summed E-state index contributed by atoms with van der Waals surface area (Å²) in [6.45, 7) is -2.87. The number of halogens is 2. The lowest BCUT2D eigenvalue weighted by atomic mass is 10.2. The van der Waals surface area contributed by atoms with Crippen molar-refractivity contribution in [2.45, 2.75) is 13.0 Å². The summed E-state index contributed by atoms with van der Waals surface area (Å²) in [5.74, 6) is 0.242. The van der Waals surface area contributed by atoms with Crippen LogP contribution >= 0.6 is 0 Å². The van der Waals surface area contributed by atoms with Gasteiger partial charge >= 0.3 is 6.61 Å². The number of likely N-dealkylation sites (N-methyl/N-ethyl adjacent to an activating group) is 1. The number of hydrogen-bond acceptors (Lipinski definition) is 5. The molecule has 0 aliphatic heterocycles. The number of amides is 1. The van der Waals surface area contributed by atoms with E-state index in [1.165, 1.54) is 31.3 Å². The molecule has 0 aliphatic rings. The first kappa shape index (κ1) is 13.9. The van der Waals surface area contributed by atoms with Crippen molar-refractivity contribution in [3.8, 4) is 17.2 Å². The Hall–Kier alpha value is -2.51. The highest BCUT2D eigenvalue weighted by Crippen LogP contribution is 2.21. The van der Waals surface area contributed by atoms with Crippen molar-refractivity contribution in [1.82, 2.24) is 15.5 Å². The van der Waals surface area contributed by atoms with E-state index in [9.17, 15) is 13.6 Å². The van der Waals surface area contributed by atoms with Gasteiger partial charge in [-0.2, -0.15) is 13.8 Å². The number of ether oxygens (including phenoxy) is 1. The zero-order valence-corrected chi connectivity index (χ0v) is 10.5. The molecular formula is C12H11F2N3O3. The van der Waals surface area contributed by atoms with Crippen molar-refractivity contribution in [3.05, 3.63) is 30.1 Å². The number of aromatic nitrogens is 2. The summed E-state index contributed by atoms with van der Waals surface area (Å²) in [4.78, 5) is 15.2. The van der Waals surface area contributed by atoms with Crippen molar-refractivity contribution < 1.29 is 22.8 Å².